The first-order valence-corrected chi connectivity index (χ1v) is 9.87. The molecule has 0 bridgehead atoms. The number of nitrogens with one attached hydrogen (secondary N) is 1. The number of nitrogens with two attached hydrogens (primary N) is 1. The fourth-order valence-electron chi connectivity index (χ4n) is 3.93. The topological polar surface area (TPSA) is 99.0 Å². The summed E-state index contributed by atoms with van der Waals surface area (Å²) in [6.07, 6.45) is 1.13. The van der Waals surface area contributed by atoms with Gasteiger partial charge in [0.1, 0.15) is 0 Å². The molecule has 1 saturated heterocycles. The average Bonchev–Trinajstić information content (AvgIpc) is 3.03. The van der Waals surface area contributed by atoms with Crippen molar-refractivity contribution in [2.45, 2.75) is 32.4 Å². The zero-order valence-electron chi connectivity index (χ0n) is 16.4. The molecule has 1 unspecified atom stereocenters. The van der Waals surface area contributed by atoms with Gasteiger partial charge in [0.15, 0.2) is 0 Å². The second-order valence-electron chi connectivity index (χ2n) is 7.46. The van der Waals surface area contributed by atoms with Gasteiger partial charge >= 0.3 is 0 Å². The number of benzene rings is 1. The van der Waals surface area contributed by atoms with Crippen molar-refractivity contribution >= 4 is 23.9 Å². The van der Waals surface area contributed by atoms with E-state index in [4.69, 9.17) is 5.73 Å². The lowest BCUT2D eigenvalue weighted by Crippen LogP contribution is -2.47. The summed E-state index contributed by atoms with van der Waals surface area (Å²) in [4.78, 5) is 41.1. The molecular formula is C20H29N5O3. The molecule has 3 rings (SSSR count). The van der Waals surface area contributed by atoms with Crippen LogP contribution in [0.4, 0.5) is 5.69 Å². The quantitative estimate of drug-likeness (QED) is 0.617. The molecule has 152 valence electrons. The number of rotatable bonds is 8. The van der Waals surface area contributed by atoms with Gasteiger partial charge in [-0.05, 0) is 37.1 Å². The Balaban J connectivity index is 1.61. The fourth-order valence-corrected chi connectivity index (χ4v) is 3.93. The summed E-state index contributed by atoms with van der Waals surface area (Å²) < 4.78 is 0. The summed E-state index contributed by atoms with van der Waals surface area (Å²) in [6.45, 7) is 8.03. The van der Waals surface area contributed by atoms with Gasteiger partial charge in [-0.2, -0.15) is 0 Å². The van der Waals surface area contributed by atoms with Crippen LogP contribution in [0.15, 0.2) is 18.2 Å². The van der Waals surface area contributed by atoms with E-state index in [-0.39, 0.29) is 24.3 Å². The van der Waals surface area contributed by atoms with E-state index in [0.717, 1.165) is 49.5 Å². The van der Waals surface area contributed by atoms with E-state index in [9.17, 15) is 14.4 Å². The number of carbonyl (C=O) groups excluding carboxylic acids is 3. The molecule has 0 saturated carbocycles. The Kier molecular flexibility index (Phi) is 6.64. The lowest BCUT2D eigenvalue weighted by molar-refractivity contribution is -0.125. The molecule has 0 aromatic heterocycles. The number of piperazine rings is 1. The Morgan fingerprint density at radius 3 is 2.71 bits per heavy atom. The molecule has 1 aromatic rings. The van der Waals surface area contributed by atoms with Crippen molar-refractivity contribution in [1.82, 2.24) is 15.1 Å². The monoisotopic (exact) mass is 387 g/mol. The highest BCUT2D eigenvalue weighted by atomic mass is 16.2. The third-order valence-electron chi connectivity index (χ3n) is 5.64. The predicted molar refractivity (Wildman–Crippen MR) is 107 cm³/mol. The molecule has 2 heterocycles. The molecule has 28 heavy (non-hydrogen) atoms. The third-order valence-corrected chi connectivity index (χ3v) is 5.64. The van der Waals surface area contributed by atoms with Crippen LogP contribution in [0.2, 0.25) is 0 Å². The number of anilines is 1. The molecule has 8 heteroatoms. The van der Waals surface area contributed by atoms with Gasteiger partial charge in [0.25, 0.3) is 5.91 Å². The van der Waals surface area contributed by atoms with E-state index in [2.05, 4.69) is 21.2 Å². The molecule has 2 aliphatic heterocycles. The van der Waals surface area contributed by atoms with Gasteiger partial charge in [0.2, 0.25) is 12.3 Å². The summed E-state index contributed by atoms with van der Waals surface area (Å²) in [5.41, 5.74) is 8.58. The van der Waals surface area contributed by atoms with Crippen LogP contribution in [0.5, 0.6) is 0 Å². The Labute approximate surface area is 165 Å². The molecule has 0 spiro atoms. The molecule has 0 radical (unpaired) electrons. The number of carbonyl (C=O) groups is 3. The van der Waals surface area contributed by atoms with Crippen LogP contribution in [-0.4, -0.2) is 73.3 Å². The SMILES string of the molecule is CC(CCC(=O)NC=O)N1Cc2cc(N3CCN(CCN)CC3)ccc2C1=O. The highest BCUT2D eigenvalue weighted by molar-refractivity contribution is 5.99. The van der Waals surface area contributed by atoms with Gasteiger partial charge in [-0.3, -0.25) is 24.6 Å². The van der Waals surface area contributed by atoms with Crippen LogP contribution in [0.25, 0.3) is 0 Å². The molecule has 3 amide bonds. The predicted octanol–water partition coefficient (Wildman–Crippen LogP) is 0.164. The Morgan fingerprint density at radius 1 is 1.29 bits per heavy atom. The van der Waals surface area contributed by atoms with Crippen molar-refractivity contribution in [3.63, 3.8) is 0 Å². The molecule has 1 aromatic carbocycles. The highest BCUT2D eigenvalue weighted by Crippen LogP contribution is 2.30. The summed E-state index contributed by atoms with van der Waals surface area (Å²) >= 11 is 0. The van der Waals surface area contributed by atoms with Crippen LogP contribution in [0.1, 0.15) is 35.7 Å². The molecule has 0 aliphatic carbocycles. The van der Waals surface area contributed by atoms with Crippen LogP contribution in [-0.2, 0) is 16.1 Å². The van der Waals surface area contributed by atoms with E-state index in [0.29, 0.717) is 25.9 Å². The van der Waals surface area contributed by atoms with Crippen LogP contribution >= 0.6 is 0 Å². The maximum atomic E-state index is 12.7. The number of amides is 3. The molecule has 8 nitrogen and oxygen atoms in total. The first-order valence-electron chi connectivity index (χ1n) is 9.87. The molecule has 3 N–H and O–H groups in total. The maximum absolute atomic E-state index is 12.7. The smallest absolute Gasteiger partial charge is 0.254 e. The van der Waals surface area contributed by atoms with E-state index in [1.54, 1.807) is 0 Å². The number of hydrogen-bond donors (Lipinski definition) is 2. The highest BCUT2D eigenvalue weighted by Gasteiger charge is 2.31. The van der Waals surface area contributed by atoms with Gasteiger partial charge in [0, 0.05) is 69.5 Å². The standard InChI is InChI=1S/C20H29N5O3/c1-15(2-5-19(27)22-14-26)25-13-16-12-17(3-4-18(16)20(25)28)24-10-8-23(7-6-21)9-11-24/h3-4,12,14-15H,2,5-11,13,21H2,1H3,(H,22,26,27). The zero-order chi connectivity index (χ0) is 20.1. The van der Waals surface area contributed by atoms with Gasteiger partial charge in [-0.1, -0.05) is 0 Å². The Bertz CT molecular complexity index is 731. The number of hydrogen-bond acceptors (Lipinski definition) is 6. The van der Waals surface area contributed by atoms with E-state index in [1.807, 2.05) is 24.0 Å². The second-order valence-corrected chi connectivity index (χ2v) is 7.46. The molecular weight excluding hydrogens is 358 g/mol. The second kappa shape index (κ2) is 9.16. The van der Waals surface area contributed by atoms with E-state index >= 15 is 0 Å². The van der Waals surface area contributed by atoms with Crippen LogP contribution in [0, 0.1) is 0 Å². The third kappa shape index (κ3) is 4.51. The van der Waals surface area contributed by atoms with E-state index in [1.165, 1.54) is 0 Å². The number of nitrogens with zero attached hydrogens (tertiary/aromatic N) is 3. The fraction of sp³-hybridized carbons (Fsp3) is 0.550. The summed E-state index contributed by atoms with van der Waals surface area (Å²) in [5, 5.41) is 2.14. The van der Waals surface area contributed by atoms with Gasteiger partial charge in [0.05, 0.1) is 0 Å². The van der Waals surface area contributed by atoms with Gasteiger partial charge < -0.3 is 15.5 Å². The number of imide groups is 1. The molecule has 1 atom stereocenters. The average molecular weight is 387 g/mol. The van der Waals surface area contributed by atoms with Crippen molar-refractivity contribution in [2.24, 2.45) is 5.73 Å². The summed E-state index contributed by atoms with van der Waals surface area (Å²) in [6, 6.07) is 6.00. The maximum Gasteiger partial charge on any atom is 0.254 e. The largest absolute Gasteiger partial charge is 0.369 e. The minimum Gasteiger partial charge on any atom is -0.369 e. The molecule has 1 fully saturated rings. The summed E-state index contributed by atoms with van der Waals surface area (Å²) in [5.74, 6) is -0.306. The zero-order valence-corrected chi connectivity index (χ0v) is 16.4. The first-order chi connectivity index (χ1) is 13.5. The van der Waals surface area contributed by atoms with Crippen LogP contribution < -0.4 is 16.0 Å². The van der Waals surface area contributed by atoms with Crippen molar-refractivity contribution < 1.29 is 14.4 Å². The minimum absolute atomic E-state index is 0.0117. The lowest BCUT2D eigenvalue weighted by atomic mass is 10.1. The lowest BCUT2D eigenvalue weighted by Gasteiger charge is -2.36. The van der Waals surface area contributed by atoms with Gasteiger partial charge in [-0.25, -0.2) is 0 Å². The Morgan fingerprint density at radius 2 is 2.04 bits per heavy atom. The first kappa shape index (κ1) is 20.3. The Hall–Kier alpha value is -2.45. The van der Waals surface area contributed by atoms with Crippen LogP contribution in [0.3, 0.4) is 0 Å². The van der Waals surface area contributed by atoms with E-state index < -0.39 is 0 Å². The minimum atomic E-state index is -0.318. The number of fused-ring (bicyclic) bond motifs is 1. The van der Waals surface area contributed by atoms with Crippen molar-refractivity contribution in [1.29, 1.82) is 0 Å². The molecule has 2 aliphatic rings. The van der Waals surface area contributed by atoms with Crippen molar-refractivity contribution in [3.8, 4) is 0 Å². The normalized spacial score (nSPS) is 18.1. The van der Waals surface area contributed by atoms with Crippen molar-refractivity contribution in [3.05, 3.63) is 29.3 Å². The summed E-state index contributed by atoms with van der Waals surface area (Å²) in [7, 11) is 0. The van der Waals surface area contributed by atoms with Gasteiger partial charge in [-0.15, -0.1) is 0 Å². The van der Waals surface area contributed by atoms with Crippen molar-refractivity contribution in [2.75, 3.05) is 44.2 Å².